The Morgan fingerprint density at radius 3 is 2.79 bits per heavy atom. The molecule has 0 saturated carbocycles. The Bertz CT molecular complexity index is 1300. The number of para-hydroxylation sites is 1. The monoisotopic (exact) mass is 461 g/mol. The number of piperazine rings is 1. The summed E-state index contributed by atoms with van der Waals surface area (Å²) in [4.78, 5) is 34.6. The van der Waals surface area contributed by atoms with Gasteiger partial charge in [0.05, 0.1) is 5.52 Å². The van der Waals surface area contributed by atoms with E-state index in [9.17, 15) is 9.59 Å². The van der Waals surface area contributed by atoms with Crippen LogP contribution in [0, 0.1) is 11.7 Å². The van der Waals surface area contributed by atoms with E-state index in [1.165, 1.54) is 15.8 Å². The number of amides is 1. The molecule has 2 atom stereocenters. The van der Waals surface area contributed by atoms with Crippen molar-refractivity contribution < 1.29 is 9.59 Å². The lowest BCUT2D eigenvalue weighted by Crippen LogP contribution is -2.53. The topological polar surface area (TPSA) is 70.5 Å². The van der Waals surface area contributed by atoms with Gasteiger partial charge in [0.25, 0.3) is 5.91 Å². The van der Waals surface area contributed by atoms with E-state index in [2.05, 4.69) is 53.3 Å². The number of aryl methyl sites for hydroxylation is 1. The number of anilines is 2. The summed E-state index contributed by atoms with van der Waals surface area (Å²) in [7, 11) is 0. The highest BCUT2D eigenvalue weighted by molar-refractivity contribution is 7.71. The molecule has 170 valence electrons. The van der Waals surface area contributed by atoms with Crippen LogP contribution in [-0.4, -0.2) is 58.0 Å². The van der Waals surface area contributed by atoms with Crippen molar-refractivity contribution in [3.63, 3.8) is 0 Å². The Hall–Kier alpha value is -3.26. The SMILES string of the molecule is Cc1cccc(N2CCN(C(=O)CC[C@H]3Nc4c5ccccc5nc(=S)n4C3=O)C[C@@H]2C)c1. The molecule has 7 nitrogen and oxygen atoms in total. The average molecular weight is 462 g/mol. The summed E-state index contributed by atoms with van der Waals surface area (Å²) in [6.07, 6.45) is 0.738. The maximum Gasteiger partial charge on any atom is 0.257 e. The van der Waals surface area contributed by atoms with Crippen LogP contribution >= 0.6 is 12.2 Å². The Labute approximate surface area is 198 Å². The molecule has 8 heteroatoms. The van der Waals surface area contributed by atoms with E-state index < -0.39 is 6.04 Å². The smallest absolute Gasteiger partial charge is 0.257 e. The third-order valence-electron chi connectivity index (χ3n) is 6.58. The number of carbonyl (C=O) groups excluding carboxylic acids is 2. The average Bonchev–Trinajstić information content (AvgIpc) is 3.14. The highest BCUT2D eigenvalue weighted by Gasteiger charge is 2.33. The number of nitrogens with zero attached hydrogens (tertiary/aromatic N) is 4. The number of rotatable bonds is 4. The van der Waals surface area contributed by atoms with Gasteiger partial charge < -0.3 is 15.1 Å². The van der Waals surface area contributed by atoms with E-state index in [0.717, 1.165) is 17.4 Å². The third-order valence-corrected chi connectivity index (χ3v) is 6.85. The van der Waals surface area contributed by atoms with Gasteiger partial charge in [-0.05, 0) is 62.3 Å². The van der Waals surface area contributed by atoms with E-state index in [-0.39, 0.29) is 22.6 Å². The van der Waals surface area contributed by atoms with Crippen LogP contribution in [0.25, 0.3) is 10.9 Å². The number of benzene rings is 2. The minimum absolute atomic E-state index is 0.0860. The van der Waals surface area contributed by atoms with E-state index in [4.69, 9.17) is 12.2 Å². The van der Waals surface area contributed by atoms with Gasteiger partial charge in [-0.25, -0.2) is 9.55 Å². The van der Waals surface area contributed by atoms with Crippen molar-refractivity contribution in [2.75, 3.05) is 29.9 Å². The molecule has 33 heavy (non-hydrogen) atoms. The van der Waals surface area contributed by atoms with Crippen molar-refractivity contribution in [1.29, 1.82) is 0 Å². The van der Waals surface area contributed by atoms with Gasteiger partial charge in [0.2, 0.25) is 10.7 Å². The number of hydrogen-bond acceptors (Lipinski definition) is 6. The maximum atomic E-state index is 13.0. The molecule has 1 aromatic heterocycles. The van der Waals surface area contributed by atoms with Gasteiger partial charge in [0.15, 0.2) is 0 Å². The zero-order valence-corrected chi connectivity index (χ0v) is 19.6. The minimum Gasteiger partial charge on any atom is -0.365 e. The molecule has 2 aliphatic heterocycles. The zero-order chi connectivity index (χ0) is 23.1. The summed E-state index contributed by atoms with van der Waals surface area (Å²) >= 11 is 5.36. The van der Waals surface area contributed by atoms with Gasteiger partial charge in [-0.1, -0.05) is 24.3 Å². The second-order valence-corrected chi connectivity index (χ2v) is 9.26. The molecular weight excluding hydrogens is 434 g/mol. The van der Waals surface area contributed by atoms with Crippen molar-refractivity contribution >= 4 is 46.4 Å². The predicted octanol–water partition coefficient (Wildman–Crippen LogP) is 4.03. The molecule has 5 rings (SSSR count). The van der Waals surface area contributed by atoms with Crippen LogP contribution in [0.5, 0.6) is 0 Å². The largest absolute Gasteiger partial charge is 0.365 e. The predicted molar refractivity (Wildman–Crippen MR) is 132 cm³/mol. The summed E-state index contributed by atoms with van der Waals surface area (Å²) in [6.45, 7) is 6.41. The number of hydrogen-bond donors (Lipinski definition) is 1. The molecule has 2 aromatic carbocycles. The molecule has 0 unspecified atom stereocenters. The lowest BCUT2D eigenvalue weighted by Gasteiger charge is -2.41. The van der Waals surface area contributed by atoms with Gasteiger partial charge in [-0.2, -0.15) is 0 Å². The molecule has 1 fully saturated rings. The quantitative estimate of drug-likeness (QED) is 0.592. The molecular formula is C25H27N5O2S. The summed E-state index contributed by atoms with van der Waals surface area (Å²) in [5, 5.41) is 4.15. The van der Waals surface area contributed by atoms with Gasteiger partial charge in [0.1, 0.15) is 11.9 Å². The Morgan fingerprint density at radius 1 is 1.18 bits per heavy atom. The van der Waals surface area contributed by atoms with Gasteiger partial charge in [0, 0.05) is 43.2 Å². The van der Waals surface area contributed by atoms with E-state index >= 15 is 0 Å². The second kappa shape index (κ2) is 8.59. The number of carbonyl (C=O) groups is 2. The highest BCUT2D eigenvalue weighted by atomic mass is 32.1. The van der Waals surface area contributed by atoms with Crippen molar-refractivity contribution in [3.8, 4) is 0 Å². The van der Waals surface area contributed by atoms with Crippen LogP contribution in [0.3, 0.4) is 0 Å². The number of fused-ring (bicyclic) bond motifs is 3. The molecule has 1 saturated heterocycles. The van der Waals surface area contributed by atoms with Crippen LogP contribution in [0.15, 0.2) is 48.5 Å². The maximum absolute atomic E-state index is 13.0. The molecule has 0 radical (unpaired) electrons. The first-order valence-electron chi connectivity index (χ1n) is 11.4. The normalized spacial score (nSPS) is 20.1. The zero-order valence-electron chi connectivity index (χ0n) is 18.8. The summed E-state index contributed by atoms with van der Waals surface area (Å²) in [5.74, 6) is 0.620. The molecule has 3 aromatic rings. The van der Waals surface area contributed by atoms with Crippen molar-refractivity contribution in [1.82, 2.24) is 14.5 Å². The molecule has 0 aliphatic carbocycles. The Morgan fingerprint density at radius 2 is 2.00 bits per heavy atom. The van der Waals surface area contributed by atoms with Crippen molar-refractivity contribution in [3.05, 3.63) is 58.9 Å². The molecule has 2 aliphatic rings. The first-order chi connectivity index (χ1) is 15.9. The van der Waals surface area contributed by atoms with Crippen molar-refractivity contribution in [2.24, 2.45) is 0 Å². The fourth-order valence-electron chi connectivity index (χ4n) is 4.87. The van der Waals surface area contributed by atoms with Crippen LogP contribution < -0.4 is 10.2 Å². The summed E-state index contributed by atoms with van der Waals surface area (Å²) in [6, 6.07) is 15.8. The van der Waals surface area contributed by atoms with Crippen LogP contribution in [0.2, 0.25) is 0 Å². The highest BCUT2D eigenvalue weighted by Crippen LogP contribution is 2.29. The minimum atomic E-state index is -0.478. The third kappa shape index (κ3) is 3.99. The molecule has 0 spiro atoms. The Kier molecular flexibility index (Phi) is 5.62. The molecule has 3 heterocycles. The fraction of sp³-hybridized carbons (Fsp3) is 0.360. The van der Waals surface area contributed by atoms with E-state index in [1.807, 2.05) is 29.2 Å². The lowest BCUT2D eigenvalue weighted by molar-refractivity contribution is -0.132. The van der Waals surface area contributed by atoms with Crippen LogP contribution in [-0.2, 0) is 4.79 Å². The first-order valence-corrected chi connectivity index (χ1v) is 11.8. The first kappa shape index (κ1) is 21.6. The molecule has 0 bridgehead atoms. The number of aromatic nitrogens is 2. The lowest BCUT2D eigenvalue weighted by atomic mass is 10.1. The van der Waals surface area contributed by atoms with E-state index in [0.29, 0.717) is 31.7 Å². The second-order valence-electron chi connectivity index (χ2n) is 8.89. The van der Waals surface area contributed by atoms with Crippen LogP contribution in [0.4, 0.5) is 11.5 Å². The van der Waals surface area contributed by atoms with Gasteiger partial charge >= 0.3 is 0 Å². The number of nitrogens with one attached hydrogen (secondary N) is 1. The summed E-state index contributed by atoms with van der Waals surface area (Å²) < 4.78 is 1.71. The van der Waals surface area contributed by atoms with E-state index in [1.54, 1.807) is 0 Å². The van der Waals surface area contributed by atoms with Crippen molar-refractivity contribution in [2.45, 2.75) is 38.8 Å². The van der Waals surface area contributed by atoms with Gasteiger partial charge in [-0.15, -0.1) is 0 Å². The standard InChI is InChI=1S/C25H27N5O2S/c1-16-6-5-7-18(14-16)29-13-12-28(15-17(29)2)22(31)11-10-21-24(32)30-23(26-21)19-8-3-4-9-20(19)27-25(30)33/h3-9,14,17,21,26H,10-13,15H2,1-2H3/t17-,21+/m0/s1. The Balaban J connectivity index is 1.23. The molecule has 1 N–H and O–H groups in total. The summed E-state index contributed by atoms with van der Waals surface area (Å²) in [5.41, 5.74) is 3.19. The fourth-order valence-corrected chi connectivity index (χ4v) is 5.15. The molecule has 1 amide bonds. The van der Waals surface area contributed by atoms with Gasteiger partial charge in [-0.3, -0.25) is 9.59 Å². The van der Waals surface area contributed by atoms with Crippen LogP contribution in [0.1, 0.15) is 30.1 Å².